The van der Waals surface area contributed by atoms with E-state index in [9.17, 15) is 0 Å². The van der Waals surface area contributed by atoms with E-state index in [-0.39, 0.29) is 10.6 Å². The molecule has 0 bridgehead atoms. The molecule has 4 heteroatoms. The predicted molar refractivity (Wildman–Crippen MR) is 125 cm³/mol. The molecule has 0 radical (unpaired) electrons. The Bertz CT molecular complexity index is 746. The lowest BCUT2D eigenvalue weighted by Crippen LogP contribution is -2.44. The van der Waals surface area contributed by atoms with Crippen LogP contribution in [0.15, 0.2) is 17.7 Å². The number of allylic oxidation sites excluding steroid dienone is 2. The lowest BCUT2D eigenvalue weighted by molar-refractivity contribution is 0.0561. The van der Waals surface area contributed by atoms with E-state index in [2.05, 4.69) is 73.7 Å². The highest BCUT2D eigenvalue weighted by atomic mass is 35.5. The molecule has 0 fully saturated rings. The first kappa shape index (κ1) is 23.3. The molecule has 0 saturated heterocycles. The summed E-state index contributed by atoms with van der Waals surface area (Å²) >= 11 is 5.89. The maximum absolute atomic E-state index is 6.66. The molecule has 2 nitrogen and oxygen atoms in total. The lowest BCUT2D eigenvalue weighted by Gasteiger charge is -2.39. The van der Waals surface area contributed by atoms with Crippen molar-refractivity contribution in [3.63, 3.8) is 0 Å². The smallest absolute Gasteiger partial charge is 0.250 e. The third-order valence-corrected chi connectivity index (χ3v) is 11.5. The molecule has 0 amide bonds. The van der Waals surface area contributed by atoms with Crippen molar-refractivity contribution in [1.29, 1.82) is 0 Å². The van der Waals surface area contributed by atoms with Crippen molar-refractivity contribution in [3.05, 3.63) is 34.4 Å². The molecule has 1 aliphatic rings. The van der Waals surface area contributed by atoms with E-state index >= 15 is 0 Å². The third-order valence-electron chi connectivity index (χ3n) is 6.69. The molecular formula is C24H39ClO2Si. The Balaban J connectivity index is 2.26. The van der Waals surface area contributed by atoms with Crippen LogP contribution in [0.2, 0.25) is 18.1 Å². The SMILES string of the molecule is CC(=CCCC1(C)CCc2cc(O[Si](C)(C)C(C)(C)C)c(C)c(C)c2O1)CCl. The van der Waals surface area contributed by atoms with Crippen molar-refractivity contribution >= 4 is 19.9 Å². The second-order valence-electron chi connectivity index (χ2n) is 10.3. The van der Waals surface area contributed by atoms with Gasteiger partial charge in [-0.25, -0.2) is 0 Å². The number of fused-ring (bicyclic) bond motifs is 1. The van der Waals surface area contributed by atoms with E-state index in [0.717, 1.165) is 37.2 Å². The molecule has 2 rings (SSSR count). The molecule has 1 aromatic carbocycles. The largest absolute Gasteiger partial charge is 0.543 e. The van der Waals surface area contributed by atoms with Crippen LogP contribution in [-0.2, 0) is 6.42 Å². The summed E-state index contributed by atoms with van der Waals surface area (Å²) in [5.41, 5.74) is 4.85. The average Bonchev–Trinajstić information content (AvgIpc) is 2.59. The topological polar surface area (TPSA) is 18.5 Å². The standard InChI is InChI=1S/C24H39ClO2Si/c1-17(16-25)11-10-13-24(7)14-12-20-15-21(18(2)19(3)22(20)26-24)27-28(8,9)23(4,5)6/h11,15H,10,12-14,16H2,1-9H3. The Morgan fingerprint density at radius 2 is 1.93 bits per heavy atom. The molecule has 1 atom stereocenters. The second-order valence-corrected chi connectivity index (χ2v) is 15.2. The summed E-state index contributed by atoms with van der Waals surface area (Å²) in [6, 6.07) is 2.25. The Hall–Kier alpha value is -0.933. The molecule has 0 saturated carbocycles. The number of halogens is 1. The van der Waals surface area contributed by atoms with Crippen LogP contribution >= 0.6 is 11.6 Å². The van der Waals surface area contributed by atoms with Crippen molar-refractivity contribution in [2.24, 2.45) is 0 Å². The van der Waals surface area contributed by atoms with Crippen molar-refractivity contribution in [2.45, 2.75) is 97.9 Å². The van der Waals surface area contributed by atoms with Crippen LogP contribution in [0.4, 0.5) is 0 Å². The van der Waals surface area contributed by atoms with Gasteiger partial charge in [0.2, 0.25) is 8.32 Å². The Morgan fingerprint density at radius 3 is 2.50 bits per heavy atom. The van der Waals surface area contributed by atoms with E-state index in [4.69, 9.17) is 20.8 Å². The molecule has 0 aliphatic carbocycles. The summed E-state index contributed by atoms with van der Waals surface area (Å²) in [4.78, 5) is 0. The zero-order valence-electron chi connectivity index (χ0n) is 19.4. The van der Waals surface area contributed by atoms with Gasteiger partial charge in [-0.3, -0.25) is 0 Å². The monoisotopic (exact) mass is 422 g/mol. The zero-order chi connectivity index (χ0) is 21.3. The lowest BCUT2D eigenvalue weighted by atomic mass is 9.87. The van der Waals surface area contributed by atoms with E-state index < -0.39 is 8.32 Å². The molecule has 0 N–H and O–H groups in total. The number of aryl methyl sites for hydroxylation is 1. The van der Waals surface area contributed by atoms with Crippen LogP contribution < -0.4 is 9.16 Å². The van der Waals surface area contributed by atoms with Gasteiger partial charge in [0.1, 0.15) is 17.1 Å². The molecule has 28 heavy (non-hydrogen) atoms. The van der Waals surface area contributed by atoms with Gasteiger partial charge in [-0.15, -0.1) is 11.6 Å². The highest BCUT2D eigenvalue weighted by Gasteiger charge is 2.40. The van der Waals surface area contributed by atoms with Crippen LogP contribution in [-0.4, -0.2) is 19.8 Å². The van der Waals surface area contributed by atoms with Crippen molar-refractivity contribution in [1.82, 2.24) is 0 Å². The van der Waals surface area contributed by atoms with E-state index in [1.165, 1.54) is 22.3 Å². The summed E-state index contributed by atoms with van der Waals surface area (Å²) in [7, 11) is -1.86. The average molecular weight is 423 g/mol. The Morgan fingerprint density at radius 1 is 1.29 bits per heavy atom. The maximum atomic E-state index is 6.66. The molecule has 1 aliphatic heterocycles. The predicted octanol–water partition coefficient (Wildman–Crippen LogP) is 7.74. The summed E-state index contributed by atoms with van der Waals surface area (Å²) in [6.45, 7) is 20.2. The van der Waals surface area contributed by atoms with Crippen molar-refractivity contribution in [3.8, 4) is 11.5 Å². The van der Waals surface area contributed by atoms with Crippen LogP contribution in [0.5, 0.6) is 11.5 Å². The normalized spacial score (nSPS) is 20.6. The Kier molecular flexibility index (Phi) is 7.03. The number of hydrogen-bond donors (Lipinski definition) is 0. The minimum absolute atomic E-state index is 0.116. The van der Waals surface area contributed by atoms with Crippen LogP contribution in [0.3, 0.4) is 0 Å². The van der Waals surface area contributed by atoms with E-state index in [1.54, 1.807) is 0 Å². The van der Waals surface area contributed by atoms with Gasteiger partial charge in [-0.2, -0.15) is 0 Å². The van der Waals surface area contributed by atoms with Gasteiger partial charge >= 0.3 is 0 Å². The van der Waals surface area contributed by atoms with Gasteiger partial charge in [0.05, 0.1) is 0 Å². The molecule has 0 spiro atoms. The fourth-order valence-electron chi connectivity index (χ4n) is 3.34. The number of benzene rings is 1. The van der Waals surface area contributed by atoms with Gasteiger partial charge in [-0.05, 0) is 94.3 Å². The number of rotatable bonds is 6. The van der Waals surface area contributed by atoms with Crippen molar-refractivity contribution in [2.75, 3.05) is 5.88 Å². The zero-order valence-corrected chi connectivity index (χ0v) is 21.1. The van der Waals surface area contributed by atoms with Gasteiger partial charge in [-0.1, -0.05) is 32.4 Å². The highest BCUT2D eigenvalue weighted by molar-refractivity contribution is 6.74. The highest BCUT2D eigenvalue weighted by Crippen LogP contribution is 2.44. The first-order chi connectivity index (χ1) is 12.8. The first-order valence-corrected chi connectivity index (χ1v) is 14.0. The first-order valence-electron chi connectivity index (χ1n) is 10.5. The van der Waals surface area contributed by atoms with E-state index in [1.807, 2.05) is 0 Å². The molecular weight excluding hydrogens is 384 g/mol. The van der Waals surface area contributed by atoms with Crippen LogP contribution in [0, 0.1) is 13.8 Å². The Labute approximate surface area is 178 Å². The van der Waals surface area contributed by atoms with Gasteiger partial charge in [0.15, 0.2) is 0 Å². The summed E-state index contributed by atoms with van der Waals surface area (Å²) in [5.74, 6) is 2.73. The van der Waals surface area contributed by atoms with Crippen LogP contribution in [0.25, 0.3) is 0 Å². The molecule has 1 aromatic rings. The fraction of sp³-hybridized carbons (Fsp3) is 0.667. The quantitative estimate of drug-likeness (QED) is 0.265. The number of alkyl halides is 1. The fourth-order valence-corrected chi connectivity index (χ4v) is 4.52. The van der Waals surface area contributed by atoms with Crippen molar-refractivity contribution < 1.29 is 9.16 Å². The summed E-state index contributed by atoms with van der Waals surface area (Å²) < 4.78 is 13.3. The number of ether oxygens (including phenoxy) is 1. The molecule has 1 heterocycles. The summed E-state index contributed by atoms with van der Waals surface area (Å²) in [5, 5.41) is 0.188. The second kappa shape index (κ2) is 8.43. The molecule has 1 unspecified atom stereocenters. The maximum Gasteiger partial charge on any atom is 0.250 e. The number of hydrogen-bond acceptors (Lipinski definition) is 2. The van der Waals surface area contributed by atoms with Gasteiger partial charge in [0.25, 0.3) is 0 Å². The van der Waals surface area contributed by atoms with Gasteiger partial charge in [0, 0.05) is 5.88 Å². The van der Waals surface area contributed by atoms with Crippen LogP contribution in [0.1, 0.15) is 70.6 Å². The molecule has 158 valence electrons. The molecule has 0 aromatic heterocycles. The van der Waals surface area contributed by atoms with E-state index in [0.29, 0.717) is 5.88 Å². The minimum atomic E-state index is -1.86. The third kappa shape index (κ3) is 5.16. The summed E-state index contributed by atoms with van der Waals surface area (Å²) in [6.07, 6.45) is 6.34. The van der Waals surface area contributed by atoms with Gasteiger partial charge < -0.3 is 9.16 Å². The minimum Gasteiger partial charge on any atom is -0.543 e.